The average Bonchev–Trinajstić information content (AvgIpc) is 2.72. The Labute approximate surface area is 175 Å². The second-order valence-corrected chi connectivity index (χ2v) is 7.93. The van der Waals surface area contributed by atoms with Crippen molar-refractivity contribution in [3.63, 3.8) is 0 Å². The van der Waals surface area contributed by atoms with Crippen LogP contribution in [0, 0.1) is 29.2 Å². The molecule has 0 aliphatic heterocycles. The van der Waals surface area contributed by atoms with Gasteiger partial charge in [-0.1, -0.05) is 69.5 Å². The van der Waals surface area contributed by atoms with Crippen LogP contribution in [0.25, 0.3) is 22.3 Å². The summed E-state index contributed by atoms with van der Waals surface area (Å²) in [5.41, 5.74) is 2.76. The lowest BCUT2D eigenvalue weighted by Gasteiger charge is -2.10. The SMILES string of the molecule is CCCC(C)CCCc1ccc(-c2ccc(-c3cc(F)c(F)c(F)c3)c(F)c2)cc1. The Hall–Kier alpha value is -2.62. The van der Waals surface area contributed by atoms with E-state index in [1.807, 2.05) is 12.1 Å². The Morgan fingerprint density at radius 3 is 1.90 bits per heavy atom. The summed E-state index contributed by atoms with van der Waals surface area (Å²) < 4.78 is 54.7. The van der Waals surface area contributed by atoms with Crippen LogP contribution < -0.4 is 0 Å². The largest absolute Gasteiger partial charge is 0.206 e. The highest BCUT2D eigenvalue weighted by atomic mass is 19.2. The van der Waals surface area contributed by atoms with Gasteiger partial charge >= 0.3 is 0 Å². The molecule has 30 heavy (non-hydrogen) atoms. The second-order valence-electron chi connectivity index (χ2n) is 7.93. The van der Waals surface area contributed by atoms with Gasteiger partial charge in [-0.25, -0.2) is 17.6 Å². The molecule has 3 aromatic rings. The molecule has 0 radical (unpaired) electrons. The van der Waals surface area contributed by atoms with Gasteiger partial charge in [-0.2, -0.15) is 0 Å². The molecule has 0 N–H and O–H groups in total. The lowest BCUT2D eigenvalue weighted by atomic mass is 9.96. The molecular formula is C26H26F4. The first-order valence-electron chi connectivity index (χ1n) is 10.4. The molecule has 3 rings (SSSR count). The Kier molecular flexibility index (Phi) is 7.30. The van der Waals surface area contributed by atoms with Crippen LogP contribution >= 0.6 is 0 Å². The van der Waals surface area contributed by atoms with E-state index in [1.165, 1.54) is 37.0 Å². The minimum atomic E-state index is -1.56. The maximum Gasteiger partial charge on any atom is 0.194 e. The molecule has 0 aliphatic rings. The van der Waals surface area contributed by atoms with E-state index < -0.39 is 23.3 Å². The molecule has 0 aliphatic carbocycles. The number of aryl methyl sites for hydroxylation is 1. The van der Waals surface area contributed by atoms with Crippen LogP contribution in [-0.2, 0) is 6.42 Å². The quantitative estimate of drug-likeness (QED) is 0.257. The summed E-state index contributed by atoms with van der Waals surface area (Å²) >= 11 is 0. The Morgan fingerprint density at radius 2 is 1.30 bits per heavy atom. The van der Waals surface area contributed by atoms with Crippen LogP contribution in [0.3, 0.4) is 0 Å². The van der Waals surface area contributed by atoms with Crippen molar-refractivity contribution in [1.29, 1.82) is 0 Å². The molecule has 0 saturated heterocycles. The summed E-state index contributed by atoms with van der Waals surface area (Å²) in [5.74, 6) is -4.11. The van der Waals surface area contributed by atoms with E-state index in [-0.39, 0.29) is 11.1 Å². The van der Waals surface area contributed by atoms with E-state index in [4.69, 9.17) is 0 Å². The normalized spacial score (nSPS) is 12.2. The summed E-state index contributed by atoms with van der Waals surface area (Å²) in [4.78, 5) is 0. The molecule has 1 atom stereocenters. The van der Waals surface area contributed by atoms with Crippen LogP contribution in [0.1, 0.15) is 45.1 Å². The highest BCUT2D eigenvalue weighted by Crippen LogP contribution is 2.30. The first-order valence-corrected chi connectivity index (χ1v) is 10.4. The summed E-state index contributed by atoms with van der Waals surface area (Å²) in [6.07, 6.45) is 5.86. The number of hydrogen-bond donors (Lipinski definition) is 0. The first kappa shape index (κ1) is 22.1. The fourth-order valence-electron chi connectivity index (χ4n) is 3.80. The van der Waals surface area contributed by atoms with Crippen LogP contribution in [-0.4, -0.2) is 0 Å². The van der Waals surface area contributed by atoms with Crippen molar-refractivity contribution >= 4 is 0 Å². The lowest BCUT2D eigenvalue weighted by molar-refractivity contribution is 0.447. The molecular weight excluding hydrogens is 388 g/mol. The molecule has 1 unspecified atom stereocenters. The molecule has 0 heterocycles. The van der Waals surface area contributed by atoms with Crippen molar-refractivity contribution in [3.8, 4) is 22.3 Å². The van der Waals surface area contributed by atoms with Gasteiger partial charge < -0.3 is 0 Å². The molecule has 0 saturated carbocycles. The van der Waals surface area contributed by atoms with Crippen molar-refractivity contribution in [2.24, 2.45) is 5.92 Å². The third kappa shape index (κ3) is 5.29. The van der Waals surface area contributed by atoms with E-state index in [1.54, 1.807) is 6.07 Å². The smallest absolute Gasteiger partial charge is 0.194 e. The summed E-state index contributed by atoms with van der Waals surface area (Å²) in [6, 6.07) is 14.1. The Balaban J connectivity index is 1.72. The number of rotatable bonds is 8. The molecule has 0 spiro atoms. The zero-order valence-corrected chi connectivity index (χ0v) is 17.3. The van der Waals surface area contributed by atoms with Gasteiger partial charge in [0.05, 0.1) is 0 Å². The fraction of sp³-hybridized carbons (Fsp3) is 0.308. The van der Waals surface area contributed by atoms with Gasteiger partial charge in [-0.05, 0) is 59.2 Å². The summed E-state index contributed by atoms with van der Waals surface area (Å²) in [5, 5.41) is 0. The van der Waals surface area contributed by atoms with Crippen LogP contribution in [0.4, 0.5) is 17.6 Å². The zero-order valence-electron chi connectivity index (χ0n) is 17.3. The van der Waals surface area contributed by atoms with Gasteiger partial charge in [0.2, 0.25) is 0 Å². The summed E-state index contributed by atoms with van der Waals surface area (Å²) in [6.45, 7) is 4.50. The van der Waals surface area contributed by atoms with Gasteiger partial charge in [-0.15, -0.1) is 0 Å². The lowest BCUT2D eigenvalue weighted by Crippen LogP contribution is -1.95. The maximum atomic E-state index is 14.6. The maximum absolute atomic E-state index is 14.6. The minimum absolute atomic E-state index is 0.0226. The number of halogens is 4. The van der Waals surface area contributed by atoms with Crippen LogP contribution in [0.15, 0.2) is 54.6 Å². The fourth-order valence-corrected chi connectivity index (χ4v) is 3.80. The first-order chi connectivity index (χ1) is 14.4. The van der Waals surface area contributed by atoms with Gasteiger partial charge in [-0.3, -0.25) is 0 Å². The van der Waals surface area contributed by atoms with E-state index >= 15 is 0 Å². The topological polar surface area (TPSA) is 0 Å². The van der Waals surface area contributed by atoms with E-state index in [2.05, 4.69) is 26.0 Å². The third-order valence-electron chi connectivity index (χ3n) is 5.50. The van der Waals surface area contributed by atoms with E-state index in [0.717, 1.165) is 36.5 Å². The van der Waals surface area contributed by atoms with E-state index in [0.29, 0.717) is 5.56 Å². The molecule has 0 aromatic heterocycles. The van der Waals surface area contributed by atoms with Crippen molar-refractivity contribution in [3.05, 3.63) is 83.4 Å². The van der Waals surface area contributed by atoms with Gasteiger partial charge in [0, 0.05) is 5.56 Å². The highest BCUT2D eigenvalue weighted by molar-refractivity contribution is 5.71. The van der Waals surface area contributed by atoms with E-state index in [9.17, 15) is 17.6 Å². The molecule has 4 heteroatoms. The van der Waals surface area contributed by atoms with Gasteiger partial charge in [0.25, 0.3) is 0 Å². The van der Waals surface area contributed by atoms with Gasteiger partial charge in [0.15, 0.2) is 17.5 Å². The number of hydrogen-bond acceptors (Lipinski definition) is 0. The van der Waals surface area contributed by atoms with Crippen molar-refractivity contribution in [1.82, 2.24) is 0 Å². The Bertz CT molecular complexity index is 969. The molecule has 0 fully saturated rings. The van der Waals surface area contributed by atoms with Crippen molar-refractivity contribution in [2.75, 3.05) is 0 Å². The number of benzene rings is 3. The molecule has 0 nitrogen and oxygen atoms in total. The predicted molar refractivity (Wildman–Crippen MR) is 114 cm³/mol. The van der Waals surface area contributed by atoms with Crippen molar-refractivity contribution < 1.29 is 17.6 Å². The van der Waals surface area contributed by atoms with Crippen LogP contribution in [0.5, 0.6) is 0 Å². The molecule has 0 bridgehead atoms. The van der Waals surface area contributed by atoms with Crippen molar-refractivity contribution in [2.45, 2.75) is 46.0 Å². The standard InChI is InChI=1S/C26H26F4/c1-3-5-17(2)6-4-7-18-8-10-19(11-9-18)20-12-13-22(23(27)14-20)21-15-24(28)26(30)25(29)16-21/h8-17H,3-7H2,1-2H3. The Morgan fingerprint density at radius 1 is 0.700 bits per heavy atom. The predicted octanol–water partition coefficient (Wildman–Crippen LogP) is 8.34. The molecule has 3 aromatic carbocycles. The minimum Gasteiger partial charge on any atom is -0.206 e. The molecule has 158 valence electrons. The average molecular weight is 414 g/mol. The van der Waals surface area contributed by atoms with Gasteiger partial charge in [0.1, 0.15) is 5.82 Å². The zero-order chi connectivity index (χ0) is 21.7. The summed E-state index contributed by atoms with van der Waals surface area (Å²) in [7, 11) is 0. The monoisotopic (exact) mass is 414 g/mol. The second kappa shape index (κ2) is 9.92. The van der Waals surface area contributed by atoms with Crippen LogP contribution in [0.2, 0.25) is 0 Å². The molecule has 0 amide bonds. The third-order valence-corrected chi connectivity index (χ3v) is 5.50. The highest BCUT2D eigenvalue weighted by Gasteiger charge is 2.14.